The van der Waals surface area contributed by atoms with E-state index in [0.29, 0.717) is 34.7 Å². The van der Waals surface area contributed by atoms with Crippen LogP contribution in [0.5, 0.6) is 0 Å². The first-order valence-corrected chi connectivity index (χ1v) is 7.67. The molecule has 0 spiro atoms. The fourth-order valence-electron chi connectivity index (χ4n) is 2.17. The minimum Gasteiger partial charge on any atom is -0.298 e. The lowest BCUT2D eigenvalue weighted by Crippen LogP contribution is -2.25. The molecule has 0 unspecified atom stereocenters. The molecule has 0 bridgehead atoms. The number of hydrogen-bond acceptors (Lipinski definition) is 5. The van der Waals surface area contributed by atoms with E-state index in [0.717, 1.165) is 0 Å². The molecule has 0 aliphatic rings. The maximum atomic E-state index is 12.5. The van der Waals surface area contributed by atoms with Crippen LogP contribution in [0, 0.1) is 0 Å². The van der Waals surface area contributed by atoms with Crippen molar-refractivity contribution in [3.8, 4) is 0 Å². The summed E-state index contributed by atoms with van der Waals surface area (Å²) in [6.07, 6.45) is 2.02. The van der Waals surface area contributed by atoms with Gasteiger partial charge in [0.25, 0.3) is 5.56 Å². The number of benzene rings is 1. The highest BCUT2D eigenvalue weighted by Gasteiger charge is 2.17. The van der Waals surface area contributed by atoms with Crippen LogP contribution in [0.15, 0.2) is 29.3 Å². The Morgan fingerprint density at radius 3 is 2.74 bits per heavy atom. The van der Waals surface area contributed by atoms with E-state index in [1.165, 1.54) is 10.9 Å². The van der Waals surface area contributed by atoms with Gasteiger partial charge in [-0.25, -0.2) is 4.98 Å². The second-order valence-corrected chi connectivity index (χ2v) is 6.70. The zero-order valence-corrected chi connectivity index (χ0v) is 13.9. The van der Waals surface area contributed by atoms with Gasteiger partial charge in [-0.05, 0) is 38.1 Å². The third kappa shape index (κ3) is 3.10. The van der Waals surface area contributed by atoms with Gasteiger partial charge >= 0.3 is 0 Å². The summed E-state index contributed by atoms with van der Waals surface area (Å²) in [5, 5.41) is 13.2. The Morgan fingerprint density at radius 2 is 2.04 bits per heavy atom. The molecule has 3 rings (SSSR count). The minimum atomic E-state index is -0.222. The van der Waals surface area contributed by atoms with Crippen molar-refractivity contribution < 1.29 is 0 Å². The quantitative estimate of drug-likeness (QED) is 0.733. The molecule has 23 heavy (non-hydrogen) atoms. The molecule has 120 valence electrons. The van der Waals surface area contributed by atoms with Crippen LogP contribution in [0.4, 0.5) is 0 Å². The molecule has 7 nitrogen and oxygen atoms in total. The number of hydrogen-bond donors (Lipinski definition) is 0. The molecule has 0 amide bonds. The van der Waals surface area contributed by atoms with Crippen molar-refractivity contribution in [2.75, 3.05) is 0 Å². The van der Waals surface area contributed by atoms with Gasteiger partial charge < -0.3 is 0 Å². The van der Waals surface area contributed by atoms with E-state index in [1.54, 1.807) is 23.0 Å². The van der Waals surface area contributed by atoms with Crippen LogP contribution < -0.4 is 5.56 Å². The predicted molar refractivity (Wildman–Crippen MR) is 87.5 cm³/mol. The number of rotatable bonds is 3. The number of halogens is 1. The van der Waals surface area contributed by atoms with Gasteiger partial charge in [0.15, 0.2) is 5.82 Å². The summed E-state index contributed by atoms with van der Waals surface area (Å²) in [5.74, 6) is 0.589. The summed E-state index contributed by atoms with van der Waals surface area (Å²) in [4.78, 5) is 18.4. The van der Waals surface area contributed by atoms with E-state index in [9.17, 15) is 4.79 Å². The van der Waals surface area contributed by atoms with Crippen LogP contribution in [-0.4, -0.2) is 29.8 Å². The van der Waals surface area contributed by atoms with Gasteiger partial charge in [0.1, 0.15) is 0 Å². The average Bonchev–Trinajstić information content (AvgIpc) is 2.95. The fourth-order valence-corrected chi connectivity index (χ4v) is 2.42. The van der Waals surface area contributed by atoms with Gasteiger partial charge in [-0.2, -0.15) is 4.80 Å². The molecule has 2 heterocycles. The third-order valence-electron chi connectivity index (χ3n) is 3.43. The summed E-state index contributed by atoms with van der Waals surface area (Å²) < 4.78 is 1.52. The van der Waals surface area contributed by atoms with Gasteiger partial charge in [-0.1, -0.05) is 17.7 Å². The maximum absolute atomic E-state index is 12.5. The first-order valence-electron chi connectivity index (χ1n) is 7.29. The molecular formula is C15H17ClN6O. The van der Waals surface area contributed by atoms with Crippen molar-refractivity contribution in [1.82, 2.24) is 29.8 Å². The minimum absolute atomic E-state index is 0.163. The molecule has 0 N–H and O–H groups in total. The lowest BCUT2D eigenvalue weighted by atomic mass is 10.1. The number of aryl methyl sites for hydroxylation is 2. The average molecular weight is 333 g/mol. The summed E-state index contributed by atoms with van der Waals surface area (Å²) >= 11 is 6.11. The van der Waals surface area contributed by atoms with E-state index in [4.69, 9.17) is 11.6 Å². The highest BCUT2D eigenvalue weighted by Crippen LogP contribution is 2.17. The summed E-state index contributed by atoms with van der Waals surface area (Å²) in [7, 11) is 0. The Kier molecular flexibility index (Phi) is 3.89. The highest BCUT2D eigenvalue weighted by molar-refractivity contribution is 6.35. The third-order valence-corrected chi connectivity index (χ3v) is 3.75. The van der Waals surface area contributed by atoms with Crippen molar-refractivity contribution in [1.29, 1.82) is 0 Å². The van der Waals surface area contributed by atoms with Gasteiger partial charge in [0, 0.05) is 13.0 Å². The second-order valence-electron chi connectivity index (χ2n) is 6.29. The van der Waals surface area contributed by atoms with Crippen LogP contribution >= 0.6 is 11.6 Å². The summed E-state index contributed by atoms with van der Waals surface area (Å²) in [6, 6.07) is 5.23. The largest absolute Gasteiger partial charge is 0.298 e. The smallest absolute Gasteiger partial charge is 0.262 e. The SMILES string of the molecule is CC(C)(C)n1nnc(CCn2cnc3cccc(Cl)c3c2=O)n1. The molecule has 0 aliphatic heterocycles. The number of tetrazole rings is 1. The van der Waals surface area contributed by atoms with Gasteiger partial charge in [0.05, 0.1) is 27.8 Å². The number of aromatic nitrogens is 6. The summed E-state index contributed by atoms with van der Waals surface area (Å²) in [5.41, 5.74) is 0.208. The maximum Gasteiger partial charge on any atom is 0.262 e. The van der Waals surface area contributed by atoms with E-state index in [2.05, 4.69) is 20.4 Å². The molecule has 0 fully saturated rings. The van der Waals surface area contributed by atoms with Crippen molar-refractivity contribution in [2.45, 2.75) is 39.3 Å². The first-order chi connectivity index (χ1) is 10.9. The normalized spacial score (nSPS) is 12.0. The van der Waals surface area contributed by atoms with E-state index in [1.807, 2.05) is 20.8 Å². The van der Waals surface area contributed by atoms with E-state index < -0.39 is 0 Å². The Morgan fingerprint density at radius 1 is 1.26 bits per heavy atom. The topological polar surface area (TPSA) is 78.5 Å². The van der Waals surface area contributed by atoms with Crippen molar-refractivity contribution in [3.63, 3.8) is 0 Å². The molecule has 0 aliphatic carbocycles. The molecule has 3 aromatic rings. The number of fused-ring (bicyclic) bond motifs is 1. The predicted octanol–water partition coefficient (Wildman–Crippen LogP) is 2.03. The summed E-state index contributed by atoms with van der Waals surface area (Å²) in [6.45, 7) is 6.41. The van der Waals surface area contributed by atoms with Crippen molar-refractivity contribution in [3.05, 3.63) is 45.7 Å². The lowest BCUT2D eigenvalue weighted by Gasteiger charge is -2.15. The standard InChI is InChI=1S/C15H17ClN6O/c1-15(2,3)22-19-12(18-20-22)7-8-21-9-17-11-6-4-5-10(16)13(11)14(21)23/h4-6,9H,7-8H2,1-3H3. The lowest BCUT2D eigenvalue weighted by molar-refractivity contribution is 0.305. The van der Waals surface area contributed by atoms with Crippen LogP contribution in [-0.2, 0) is 18.5 Å². The van der Waals surface area contributed by atoms with Crippen LogP contribution in [0.25, 0.3) is 10.9 Å². The highest BCUT2D eigenvalue weighted by atomic mass is 35.5. The van der Waals surface area contributed by atoms with E-state index >= 15 is 0 Å². The molecule has 0 atom stereocenters. The monoisotopic (exact) mass is 332 g/mol. The first kappa shape index (κ1) is 15.6. The van der Waals surface area contributed by atoms with Gasteiger partial charge in [-0.3, -0.25) is 9.36 Å². The molecule has 0 radical (unpaired) electrons. The number of nitrogens with zero attached hydrogens (tertiary/aromatic N) is 6. The molecule has 0 saturated carbocycles. The van der Waals surface area contributed by atoms with Crippen LogP contribution in [0.2, 0.25) is 5.02 Å². The van der Waals surface area contributed by atoms with Crippen LogP contribution in [0.1, 0.15) is 26.6 Å². The Hall–Kier alpha value is -2.28. The van der Waals surface area contributed by atoms with Crippen molar-refractivity contribution >= 4 is 22.5 Å². The fraction of sp³-hybridized carbons (Fsp3) is 0.400. The Balaban J connectivity index is 1.85. The molecular weight excluding hydrogens is 316 g/mol. The zero-order valence-electron chi connectivity index (χ0n) is 13.2. The second kappa shape index (κ2) is 5.73. The van der Waals surface area contributed by atoms with Crippen molar-refractivity contribution in [2.24, 2.45) is 0 Å². The Bertz CT molecular complexity index is 908. The molecule has 0 saturated heterocycles. The Labute approximate surface area is 137 Å². The van der Waals surface area contributed by atoms with Gasteiger partial charge in [0.2, 0.25) is 0 Å². The van der Waals surface area contributed by atoms with Crippen LogP contribution in [0.3, 0.4) is 0 Å². The molecule has 8 heteroatoms. The van der Waals surface area contributed by atoms with E-state index in [-0.39, 0.29) is 11.1 Å². The molecule has 1 aromatic carbocycles. The zero-order chi connectivity index (χ0) is 16.6. The van der Waals surface area contributed by atoms with Gasteiger partial charge in [-0.15, -0.1) is 10.2 Å². The molecule has 2 aromatic heterocycles.